The van der Waals surface area contributed by atoms with E-state index < -0.39 is 86.8 Å². The minimum atomic E-state index is -1.78. The van der Waals surface area contributed by atoms with Crippen molar-refractivity contribution in [2.75, 3.05) is 19.8 Å². The number of nitrogens with one attached hydrogen (secondary N) is 1. The van der Waals surface area contributed by atoms with Gasteiger partial charge >= 0.3 is 0 Å². The van der Waals surface area contributed by atoms with Crippen molar-refractivity contribution in [1.29, 1.82) is 0 Å². The molecule has 9 N–H and O–H groups in total. The summed E-state index contributed by atoms with van der Waals surface area (Å²) < 4.78 is 22.7. The summed E-state index contributed by atoms with van der Waals surface area (Å²) in [5.41, 5.74) is 0. The third-order valence-electron chi connectivity index (χ3n) is 11.9. The number of allylic oxidation sites excluding steroid dienone is 4. The molecule has 12 unspecified atom stereocenters. The van der Waals surface area contributed by atoms with Crippen LogP contribution in [0.3, 0.4) is 0 Å². The van der Waals surface area contributed by atoms with Crippen LogP contribution in [0.5, 0.6) is 0 Å². The highest BCUT2D eigenvalue weighted by Crippen LogP contribution is 2.30. The number of rotatable bonds is 36. The first-order valence-electron chi connectivity index (χ1n) is 24.1. The molecule has 2 aliphatic rings. The van der Waals surface area contributed by atoms with Gasteiger partial charge in [0.2, 0.25) is 5.91 Å². The Kier molecular flexibility index (Phi) is 31.7. The lowest BCUT2D eigenvalue weighted by Crippen LogP contribution is -2.65. The smallest absolute Gasteiger partial charge is 0.220 e. The third-order valence-corrected chi connectivity index (χ3v) is 11.9. The molecule has 358 valence electrons. The molecule has 2 saturated heterocycles. The maximum Gasteiger partial charge on any atom is 0.220 e. The summed E-state index contributed by atoms with van der Waals surface area (Å²) >= 11 is 0. The Labute approximate surface area is 367 Å². The van der Waals surface area contributed by atoms with E-state index in [-0.39, 0.29) is 18.9 Å². The predicted octanol–water partition coefficient (Wildman–Crippen LogP) is 5.38. The van der Waals surface area contributed by atoms with Crippen LogP contribution >= 0.6 is 0 Å². The van der Waals surface area contributed by atoms with E-state index >= 15 is 0 Å². The zero-order chi connectivity index (χ0) is 44.7. The molecule has 12 atom stereocenters. The second-order valence-electron chi connectivity index (χ2n) is 17.2. The van der Waals surface area contributed by atoms with Crippen LogP contribution in [0.4, 0.5) is 0 Å². The monoisotopic (exact) mass is 874 g/mol. The Bertz CT molecular complexity index is 1130. The maximum absolute atomic E-state index is 13.1. The van der Waals surface area contributed by atoms with Gasteiger partial charge in [-0.2, -0.15) is 0 Å². The van der Waals surface area contributed by atoms with Gasteiger partial charge in [0.1, 0.15) is 48.8 Å². The van der Waals surface area contributed by atoms with Crippen molar-refractivity contribution in [1.82, 2.24) is 5.32 Å². The molecule has 1 amide bonds. The molecule has 0 aromatic heterocycles. The van der Waals surface area contributed by atoms with Crippen molar-refractivity contribution in [3.05, 3.63) is 24.3 Å². The van der Waals surface area contributed by atoms with E-state index in [9.17, 15) is 45.6 Å². The fourth-order valence-corrected chi connectivity index (χ4v) is 7.92. The maximum atomic E-state index is 13.1. The molecule has 14 heteroatoms. The summed E-state index contributed by atoms with van der Waals surface area (Å²) in [6.45, 7) is 2.76. The second kappa shape index (κ2) is 34.8. The lowest BCUT2D eigenvalue weighted by atomic mass is 9.97. The zero-order valence-electron chi connectivity index (χ0n) is 37.7. The van der Waals surface area contributed by atoms with E-state index in [2.05, 4.69) is 43.5 Å². The highest BCUT2D eigenvalue weighted by molar-refractivity contribution is 5.76. The Morgan fingerprint density at radius 1 is 0.590 bits per heavy atom. The zero-order valence-corrected chi connectivity index (χ0v) is 37.7. The average molecular weight is 874 g/mol. The van der Waals surface area contributed by atoms with E-state index in [1.807, 2.05) is 0 Å². The number of hydrogen-bond donors (Lipinski definition) is 9. The molecule has 2 fully saturated rings. The largest absolute Gasteiger partial charge is 0.394 e. The van der Waals surface area contributed by atoms with Gasteiger partial charge in [-0.25, -0.2) is 0 Å². The van der Waals surface area contributed by atoms with Crippen LogP contribution in [0, 0.1) is 0 Å². The summed E-state index contributed by atoms with van der Waals surface area (Å²) in [6.07, 6.45) is 18.9. The minimum Gasteiger partial charge on any atom is -0.394 e. The number of aliphatic hydroxyl groups is 8. The van der Waals surface area contributed by atoms with E-state index in [1.54, 1.807) is 0 Å². The van der Waals surface area contributed by atoms with Crippen LogP contribution in [0.1, 0.15) is 174 Å². The third kappa shape index (κ3) is 22.8. The average Bonchev–Trinajstić information content (AvgIpc) is 3.26. The number of carbonyl (C=O) groups excluding carboxylic acids is 1. The van der Waals surface area contributed by atoms with Crippen molar-refractivity contribution >= 4 is 5.91 Å². The van der Waals surface area contributed by atoms with Gasteiger partial charge < -0.3 is 65.1 Å². The quantitative estimate of drug-likeness (QED) is 0.0285. The Balaban J connectivity index is 1.87. The molecule has 2 aliphatic heterocycles. The van der Waals surface area contributed by atoms with E-state index in [0.29, 0.717) is 12.8 Å². The summed E-state index contributed by atoms with van der Waals surface area (Å²) in [6, 6.07) is -0.832. The van der Waals surface area contributed by atoms with E-state index in [4.69, 9.17) is 18.9 Å². The van der Waals surface area contributed by atoms with Crippen molar-refractivity contribution in [3.63, 3.8) is 0 Å². The molecular formula is C47H87NO13. The summed E-state index contributed by atoms with van der Waals surface area (Å²) in [7, 11) is 0. The van der Waals surface area contributed by atoms with Gasteiger partial charge in [0.25, 0.3) is 0 Å². The molecule has 0 aliphatic carbocycles. The van der Waals surface area contributed by atoms with Gasteiger partial charge in [0.15, 0.2) is 12.6 Å². The molecule has 0 aromatic rings. The Morgan fingerprint density at radius 3 is 1.70 bits per heavy atom. The van der Waals surface area contributed by atoms with Gasteiger partial charge in [-0.15, -0.1) is 0 Å². The minimum absolute atomic E-state index is 0.223. The number of unbranched alkanes of at least 4 members (excludes halogenated alkanes) is 19. The van der Waals surface area contributed by atoms with Crippen molar-refractivity contribution in [2.45, 2.75) is 248 Å². The molecule has 2 rings (SSSR count). The van der Waals surface area contributed by atoms with E-state index in [1.165, 1.54) is 64.2 Å². The molecule has 0 bridgehead atoms. The van der Waals surface area contributed by atoms with Crippen LogP contribution in [-0.4, -0.2) is 140 Å². The number of carbonyl (C=O) groups is 1. The Morgan fingerprint density at radius 2 is 1.11 bits per heavy atom. The SMILES string of the molecule is CCC/C=C\C/C=C\CCCCCCCC(=O)NC(COC1OC(CO)C(OC2OC(CO)C(O)C(O)C2O)C(O)C1O)C(O)CCCCCCCCCCCCCCCC. The first-order valence-corrected chi connectivity index (χ1v) is 24.1. The normalized spacial score (nSPS) is 28.2. The van der Waals surface area contributed by atoms with Crippen LogP contribution < -0.4 is 5.32 Å². The molecule has 0 spiro atoms. The van der Waals surface area contributed by atoms with E-state index in [0.717, 1.165) is 77.0 Å². The van der Waals surface area contributed by atoms with Crippen LogP contribution in [0.15, 0.2) is 24.3 Å². The van der Waals surface area contributed by atoms with Crippen molar-refractivity contribution in [3.8, 4) is 0 Å². The van der Waals surface area contributed by atoms with Gasteiger partial charge in [0.05, 0.1) is 32.0 Å². The number of ether oxygens (including phenoxy) is 4. The molecule has 14 nitrogen and oxygen atoms in total. The first kappa shape index (κ1) is 55.6. The number of amides is 1. The molecule has 0 radical (unpaired) electrons. The summed E-state index contributed by atoms with van der Waals surface area (Å²) in [5.74, 6) is -0.223. The lowest BCUT2D eigenvalue weighted by molar-refractivity contribution is -0.359. The van der Waals surface area contributed by atoms with Crippen LogP contribution in [0.25, 0.3) is 0 Å². The highest BCUT2D eigenvalue weighted by atomic mass is 16.7. The standard InChI is InChI=1S/C47H87NO13/c1-3-5-7-9-11-13-15-17-19-20-22-24-26-28-30-36(51)35(48-39(52)31-29-27-25-23-21-18-16-14-12-10-8-6-4-2)34-58-46-44(57)42(55)45(38(33-50)60-46)61-47-43(56)41(54)40(53)37(32-49)59-47/h8,10,14,16,35-38,40-47,49-51,53-57H,3-7,9,11-13,15,17-34H2,1-2H3,(H,48,52)/b10-8-,16-14-. The molecule has 0 aromatic carbocycles. The molecule has 2 heterocycles. The topological polar surface area (TPSA) is 228 Å². The van der Waals surface area contributed by atoms with Crippen LogP contribution in [0.2, 0.25) is 0 Å². The lowest BCUT2D eigenvalue weighted by Gasteiger charge is -2.46. The van der Waals surface area contributed by atoms with Gasteiger partial charge in [-0.1, -0.05) is 154 Å². The second-order valence-corrected chi connectivity index (χ2v) is 17.2. The summed E-state index contributed by atoms with van der Waals surface area (Å²) in [5, 5.41) is 86.7. The molecular weight excluding hydrogens is 787 g/mol. The van der Waals surface area contributed by atoms with Crippen LogP contribution in [-0.2, 0) is 23.7 Å². The first-order chi connectivity index (χ1) is 29.6. The van der Waals surface area contributed by atoms with Gasteiger partial charge in [-0.3, -0.25) is 4.79 Å². The molecule has 0 saturated carbocycles. The molecule has 61 heavy (non-hydrogen) atoms. The fourth-order valence-electron chi connectivity index (χ4n) is 7.92. The van der Waals surface area contributed by atoms with Crippen molar-refractivity contribution < 1.29 is 64.6 Å². The Hall–Kier alpha value is -1.53. The highest BCUT2D eigenvalue weighted by Gasteiger charge is 2.51. The number of hydrogen-bond acceptors (Lipinski definition) is 13. The van der Waals surface area contributed by atoms with Gasteiger partial charge in [0, 0.05) is 6.42 Å². The van der Waals surface area contributed by atoms with Gasteiger partial charge in [-0.05, 0) is 38.5 Å². The predicted molar refractivity (Wildman–Crippen MR) is 235 cm³/mol. The van der Waals surface area contributed by atoms with Crippen molar-refractivity contribution in [2.24, 2.45) is 0 Å². The number of aliphatic hydroxyl groups excluding tert-OH is 8. The summed E-state index contributed by atoms with van der Waals surface area (Å²) in [4.78, 5) is 13.1. The fraction of sp³-hybridized carbons (Fsp3) is 0.894.